The van der Waals surface area contributed by atoms with Gasteiger partial charge >= 0.3 is 24.7 Å². The highest BCUT2D eigenvalue weighted by Crippen LogP contribution is 2.39. The summed E-state index contributed by atoms with van der Waals surface area (Å²) in [6.45, 7) is 0. The zero-order chi connectivity index (χ0) is 38.4. The Morgan fingerprint density at radius 3 is 0.960 bits per heavy atom. The van der Waals surface area contributed by atoms with E-state index in [2.05, 4.69) is 0 Å². The quantitative estimate of drug-likeness (QED) is 0.123. The maximum Gasteiger partial charge on any atom is 0.418 e. The number of sulfone groups is 2. The predicted molar refractivity (Wildman–Crippen MR) is 154 cm³/mol. The van der Waals surface area contributed by atoms with Gasteiger partial charge in [-0.1, -0.05) is 0 Å². The number of hydrogen-bond acceptors (Lipinski definition) is 8. The molecule has 0 radical (unpaired) electrons. The van der Waals surface area contributed by atoms with Crippen LogP contribution in [0.5, 0.6) is 0 Å². The molecule has 4 aromatic rings. The van der Waals surface area contributed by atoms with Crippen molar-refractivity contribution in [2.24, 2.45) is 0 Å². The van der Waals surface area contributed by atoms with Crippen LogP contribution in [0.2, 0.25) is 0 Å². The monoisotopic (exact) mass is 768 g/mol. The summed E-state index contributed by atoms with van der Waals surface area (Å²) in [4.78, 5) is -3.46. The molecule has 0 saturated carbocycles. The Balaban J connectivity index is 0.000000270. The number of anilines is 4. The van der Waals surface area contributed by atoms with E-state index in [0.29, 0.717) is 24.3 Å². The fraction of sp³-hybridized carbons (Fsp3) is 0.143. The zero-order valence-corrected chi connectivity index (χ0v) is 25.9. The lowest BCUT2D eigenvalue weighted by molar-refractivity contribution is -0.138. The molecule has 0 aliphatic carbocycles. The van der Waals surface area contributed by atoms with E-state index in [1.807, 2.05) is 0 Å². The van der Waals surface area contributed by atoms with Gasteiger partial charge in [-0.2, -0.15) is 52.7 Å². The van der Waals surface area contributed by atoms with Crippen LogP contribution in [0.25, 0.3) is 0 Å². The van der Waals surface area contributed by atoms with E-state index in [1.54, 1.807) is 0 Å². The van der Waals surface area contributed by atoms with Crippen molar-refractivity contribution in [1.82, 2.24) is 0 Å². The van der Waals surface area contributed by atoms with Crippen molar-refractivity contribution in [3.8, 4) is 0 Å². The minimum Gasteiger partial charge on any atom is -0.399 e. The smallest absolute Gasteiger partial charge is 0.399 e. The number of halogens is 12. The summed E-state index contributed by atoms with van der Waals surface area (Å²) >= 11 is 0. The number of rotatable bonds is 4. The summed E-state index contributed by atoms with van der Waals surface area (Å²) < 4.78 is 204. The van der Waals surface area contributed by atoms with Gasteiger partial charge in [-0.05, 0) is 72.8 Å². The molecule has 0 unspecified atom stereocenters. The Bertz CT molecular complexity index is 2010. The Hall–Kier alpha value is -4.86. The number of nitrogen functional groups attached to an aromatic ring is 4. The second kappa shape index (κ2) is 13.1. The van der Waals surface area contributed by atoms with Crippen molar-refractivity contribution in [2.45, 2.75) is 44.3 Å². The van der Waals surface area contributed by atoms with Crippen LogP contribution in [0.1, 0.15) is 22.3 Å². The fourth-order valence-electron chi connectivity index (χ4n) is 4.05. The van der Waals surface area contributed by atoms with Crippen LogP contribution >= 0.6 is 0 Å². The molecule has 8 nitrogen and oxygen atoms in total. The first kappa shape index (κ1) is 39.6. The van der Waals surface area contributed by atoms with Crippen LogP contribution in [0.3, 0.4) is 0 Å². The molecule has 0 atom stereocenters. The molecule has 0 saturated heterocycles. The predicted octanol–water partition coefficient (Wildman–Crippen LogP) is 7.44. The first-order chi connectivity index (χ1) is 22.5. The van der Waals surface area contributed by atoms with Gasteiger partial charge in [-0.15, -0.1) is 0 Å². The van der Waals surface area contributed by atoms with Gasteiger partial charge in [0.25, 0.3) is 0 Å². The Morgan fingerprint density at radius 2 is 0.680 bits per heavy atom. The molecule has 0 amide bonds. The van der Waals surface area contributed by atoms with Crippen molar-refractivity contribution >= 4 is 42.4 Å². The first-order valence-corrected chi connectivity index (χ1v) is 15.8. The molecule has 0 bridgehead atoms. The molecule has 0 heterocycles. The van der Waals surface area contributed by atoms with Gasteiger partial charge in [0.15, 0.2) is 0 Å². The lowest BCUT2D eigenvalue weighted by Gasteiger charge is -2.14. The molecule has 4 aromatic carbocycles. The summed E-state index contributed by atoms with van der Waals surface area (Å²) in [6, 6.07) is 6.61. The van der Waals surface area contributed by atoms with E-state index < -0.39 is 109 Å². The van der Waals surface area contributed by atoms with Crippen LogP contribution in [0.4, 0.5) is 75.4 Å². The number of hydrogen-bond donors (Lipinski definition) is 4. The topological polar surface area (TPSA) is 172 Å². The number of benzene rings is 4. The summed E-state index contributed by atoms with van der Waals surface area (Å²) in [5.74, 6) is 0. The van der Waals surface area contributed by atoms with Gasteiger partial charge < -0.3 is 22.9 Å². The van der Waals surface area contributed by atoms with E-state index in [1.165, 1.54) is 0 Å². The summed E-state index contributed by atoms with van der Waals surface area (Å²) in [6.07, 6.45) is -19.6. The van der Waals surface area contributed by atoms with Gasteiger partial charge in [0.2, 0.25) is 19.7 Å². The van der Waals surface area contributed by atoms with Crippen LogP contribution in [-0.2, 0) is 44.4 Å². The second-order valence-corrected chi connectivity index (χ2v) is 14.0. The van der Waals surface area contributed by atoms with E-state index >= 15 is 0 Å². The molecule has 0 fully saturated rings. The molecular weight excluding hydrogens is 748 g/mol. The van der Waals surface area contributed by atoms with Crippen LogP contribution in [-0.4, -0.2) is 16.8 Å². The second-order valence-electron chi connectivity index (χ2n) is 10.1. The van der Waals surface area contributed by atoms with Crippen molar-refractivity contribution in [3.63, 3.8) is 0 Å². The van der Waals surface area contributed by atoms with Gasteiger partial charge in [-0.25, -0.2) is 16.8 Å². The van der Waals surface area contributed by atoms with Crippen LogP contribution < -0.4 is 22.9 Å². The molecule has 8 N–H and O–H groups in total. The standard InChI is InChI=1S/2C14H10F6N2O2S/c15-13(16,17)7-1-9(21)5-11(3-7)25(23,24)12-4-8(14(18,19)20)2-10(22)6-12;15-13(16,17)9-5-7(1-3-11(9)21)25(23,24)8-2-4-12(22)10(6-8)14(18,19)20/h2*1-6H,21-22H2. The van der Waals surface area contributed by atoms with Crippen molar-refractivity contribution in [2.75, 3.05) is 22.9 Å². The van der Waals surface area contributed by atoms with Crippen LogP contribution in [0.15, 0.2) is 92.4 Å². The third-order valence-electron chi connectivity index (χ3n) is 6.41. The molecule has 0 aromatic heterocycles. The number of nitrogens with two attached hydrogens (primary N) is 4. The summed E-state index contributed by atoms with van der Waals surface area (Å²) in [7, 11) is -9.36. The molecular formula is C28H20F12N4O4S2. The summed E-state index contributed by atoms with van der Waals surface area (Å²) in [5.41, 5.74) is 13.0. The number of alkyl halides is 12. The van der Waals surface area contributed by atoms with E-state index in [-0.39, 0.29) is 12.1 Å². The largest absolute Gasteiger partial charge is 0.418 e. The van der Waals surface area contributed by atoms with E-state index in [0.717, 1.165) is 36.4 Å². The third kappa shape index (κ3) is 8.83. The lowest BCUT2D eigenvalue weighted by Crippen LogP contribution is -2.13. The normalized spacial score (nSPS) is 13.0. The van der Waals surface area contributed by atoms with Gasteiger partial charge in [0, 0.05) is 22.7 Å². The maximum absolute atomic E-state index is 12.9. The van der Waals surface area contributed by atoms with Crippen molar-refractivity contribution in [1.29, 1.82) is 0 Å². The van der Waals surface area contributed by atoms with Gasteiger partial charge in [0.05, 0.1) is 41.8 Å². The highest BCUT2D eigenvalue weighted by atomic mass is 32.2. The maximum atomic E-state index is 12.9. The average Bonchev–Trinajstić information content (AvgIpc) is 2.95. The van der Waals surface area contributed by atoms with E-state index in [9.17, 15) is 69.5 Å². The molecule has 4 rings (SSSR count). The Labute approximate surface area is 274 Å². The minimum atomic E-state index is -4.92. The highest BCUT2D eigenvalue weighted by molar-refractivity contribution is 7.91. The molecule has 272 valence electrons. The molecule has 0 spiro atoms. The molecule has 0 aliphatic rings. The van der Waals surface area contributed by atoms with Gasteiger partial charge in [0.1, 0.15) is 0 Å². The summed E-state index contributed by atoms with van der Waals surface area (Å²) in [5, 5.41) is 0. The average molecular weight is 769 g/mol. The highest BCUT2D eigenvalue weighted by Gasteiger charge is 2.38. The molecule has 0 aliphatic heterocycles. The Morgan fingerprint density at radius 1 is 0.380 bits per heavy atom. The zero-order valence-electron chi connectivity index (χ0n) is 24.2. The van der Waals surface area contributed by atoms with Crippen molar-refractivity contribution in [3.05, 3.63) is 95.1 Å². The van der Waals surface area contributed by atoms with Crippen LogP contribution in [0, 0.1) is 0 Å². The minimum absolute atomic E-state index is 0.272. The Kier molecular flexibility index (Phi) is 10.4. The van der Waals surface area contributed by atoms with Crippen molar-refractivity contribution < 1.29 is 69.5 Å². The van der Waals surface area contributed by atoms with E-state index in [4.69, 9.17) is 22.9 Å². The molecule has 22 heteroatoms. The van der Waals surface area contributed by atoms with Gasteiger partial charge in [-0.3, -0.25) is 0 Å². The SMILES string of the molecule is Nc1cc(C(F)(F)F)cc(S(=O)(=O)c2cc(N)cc(C(F)(F)F)c2)c1.Nc1ccc(S(=O)(=O)c2ccc(N)c(C(F)(F)F)c2)cc1C(F)(F)F. The lowest BCUT2D eigenvalue weighted by atomic mass is 10.2. The molecule has 50 heavy (non-hydrogen) atoms. The third-order valence-corrected chi connectivity index (χ3v) is 9.88. The fourth-order valence-corrected chi connectivity index (χ4v) is 6.78. The first-order valence-electron chi connectivity index (χ1n) is 12.8.